The molecule has 0 aliphatic carbocycles. The maximum absolute atomic E-state index is 11.9. The number of benzene rings is 1. The van der Waals surface area contributed by atoms with Crippen LogP contribution in [-0.2, 0) is 4.74 Å². The third-order valence-electron chi connectivity index (χ3n) is 3.16. The molecule has 0 aromatic heterocycles. The Hall–Kier alpha value is -2.28. The number of ether oxygens (including phenoxy) is 1. The Kier molecular flexibility index (Phi) is 10.0. The molecule has 0 spiro atoms. The molecule has 0 aliphatic rings. The van der Waals surface area contributed by atoms with Crippen molar-refractivity contribution in [1.29, 1.82) is 0 Å². The number of carbonyl (C=O) groups excluding carboxylic acids is 1. The molecule has 0 fully saturated rings. The highest BCUT2D eigenvalue weighted by molar-refractivity contribution is 5.94. The number of hydrogen-bond donors (Lipinski definition) is 4. The van der Waals surface area contributed by atoms with Gasteiger partial charge in [-0.3, -0.25) is 9.79 Å². The zero-order valence-corrected chi connectivity index (χ0v) is 14.5. The molecule has 0 saturated heterocycles. The molecule has 0 heterocycles. The number of hydrogen-bond acceptors (Lipinski definition) is 4. The molecule has 1 aromatic carbocycles. The van der Waals surface area contributed by atoms with Crippen molar-refractivity contribution in [1.82, 2.24) is 16.0 Å². The first-order chi connectivity index (χ1) is 11.7. The molecule has 0 saturated carbocycles. The van der Waals surface area contributed by atoms with Gasteiger partial charge in [0.1, 0.15) is 5.75 Å². The lowest BCUT2D eigenvalue weighted by Crippen LogP contribution is -2.38. The van der Waals surface area contributed by atoms with Crippen LogP contribution in [0.4, 0.5) is 0 Å². The Morgan fingerprint density at radius 3 is 2.71 bits per heavy atom. The van der Waals surface area contributed by atoms with Crippen molar-refractivity contribution in [2.75, 3.05) is 39.9 Å². The second kappa shape index (κ2) is 12.2. The largest absolute Gasteiger partial charge is 0.508 e. The van der Waals surface area contributed by atoms with Crippen LogP contribution < -0.4 is 16.0 Å². The van der Waals surface area contributed by atoms with Gasteiger partial charge in [-0.1, -0.05) is 6.07 Å². The zero-order valence-electron chi connectivity index (χ0n) is 14.5. The summed E-state index contributed by atoms with van der Waals surface area (Å²) in [5.41, 5.74) is 0.451. The molecule has 1 amide bonds. The Morgan fingerprint density at radius 2 is 2.00 bits per heavy atom. The SMILES string of the molecule is CCNC(=NCCCNC(=O)c1cccc(O)c1)NCCCOC. The number of carbonyl (C=O) groups is 1. The van der Waals surface area contributed by atoms with Gasteiger partial charge in [-0.15, -0.1) is 0 Å². The third-order valence-corrected chi connectivity index (χ3v) is 3.16. The molecule has 4 N–H and O–H groups in total. The number of nitrogens with zero attached hydrogens (tertiary/aromatic N) is 1. The fraction of sp³-hybridized carbons (Fsp3) is 0.529. The van der Waals surface area contributed by atoms with Crippen LogP contribution in [0.25, 0.3) is 0 Å². The van der Waals surface area contributed by atoms with Gasteiger partial charge in [0.25, 0.3) is 5.91 Å². The summed E-state index contributed by atoms with van der Waals surface area (Å²) in [6, 6.07) is 6.29. The molecule has 0 aliphatic heterocycles. The van der Waals surface area contributed by atoms with Crippen molar-refractivity contribution >= 4 is 11.9 Å². The van der Waals surface area contributed by atoms with E-state index in [1.165, 1.54) is 12.1 Å². The monoisotopic (exact) mass is 336 g/mol. The van der Waals surface area contributed by atoms with Gasteiger partial charge in [0.15, 0.2) is 5.96 Å². The Labute approximate surface area is 143 Å². The van der Waals surface area contributed by atoms with Gasteiger partial charge < -0.3 is 25.8 Å². The van der Waals surface area contributed by atoms with Crippen LogP contribution in [0.5, 0.6) is 5.75 Å². The molecular formula is C17H28N4O3. The number of phenolic OH excluding ortho intramolecular Hbond substituents is 1. The molecule has 1 aromatic rings. The van der Waals surface area contributed by atoms with E-state index >= 15 is 0 Å². The number of methoxy groups -OCH3 is 1. The number of guanidine groups is 1. The van der Waals surface area contributed by atoms with E-state index in [1.54, 1.807) is 19.2 Å². The number of amides is 1. The van der Waals surface area contributed by atoms with E-state index in [0.29, 0.717) is 25.3 Å². The van der Waals surface area contributed by atoms with E-state index in [-0.39, 0.29) is 11.7 Å². The summed E-state index contributed by atoms with van der Waals surface area (Å²) in [7, 11) is 1.68. The van der Waals surface area contributed by atoms with Crippen molar-refractivity contribution < 1.29 is 14.6 Å². The highest BCUT2D eigenvalue weighted by atomic mass is 16.5. The summed E-state index contributed by atoms with van der Waals surface area (Å²) >= 11 is 0. The Bertz CT molecular complexity index is 520. The highest BCUT2D eigenvalue weighted by Crippen LogP contribution is 2.10. The summed E-state index contributed by atoms with van der Waals surface area (Å²) in [4.78, 5) is 16.4. The second-order valence-corrected chi connectivity index (χ2v) is 5.19. The second-order valence-electron chi connectivity index (χ2n) is 5.19. The Balaban J connectivity index is 2.27. The van der Waals surface area contributed by atoms with Crippen LogP contribution in [-0.4, -0.2) is 56.9 Å². The minimum absolute atomic E-state index is 0.0853. The van der Waals surface area contributed by atoms with Gasteiger partial charge in [0, 0.05) is 45.5 Å². The van der Waals surface area contributed by atoms with Crippen LogP contribution in [0.15, 0.2) is 29.3 Å². The summed E-state index contributed by atoms with van der Waals surface area (Å²) in [5, 5.41) is 18.6. The first kappa shape index (κ1) is 19.8. The first-order valence-corrected chi connectivity index (χ1v) is 8.25. The quantitative estimate of drug-likeness (QED) is 0.292. The minimum Gasteiger partial charge on any atom is -0.508 e. The van der Waals surface area contributed by atoms with Crippen LogP contribution in [0.1, 0.15) is 30.1 Å². The van der Waals surface area contributed by atoms with E-state index in [9.17, 15) is 9.90 Å². The number of aliphatic imine (C=N–C) groups is 1. The molecule has 0 bridgehead atoms. The Morgan fingerprint density at radius 1 is 1.21 bits per heavy atom. The third kappa shape index (κ3) is 8.38. The predicted molar refractivity (Wildman–Crippen MR) is 95.5 cm³/mol. The smallest absolute Gasteiger partial charge is 0.251 e. The molecule has 7 heteroatoms. The normalized spacial score (nSPS) is 11.2. The van der Waals surface area contributed by atoms with E-state index < -0.39 is 0 Å². The lowest BCUT2D eigenvalue weighted by atomic mass is 10.2. The molecule has 0 atom stereocenters. The van der Waals surface area contributed by atoms with Gasteiger partial charge in [0.05, 0.1) is 0 Å². The van der Waals surface area contributed by atoms with Gasteiger partial charge >= 0.3 is 0 Å². The first-order valence-electron chi connectivity index (χ1n) is 8.25. The maximum Gasteiger partial charge on any atom is 0.251 e. The topological polar surface area (TPSA) is 95.0 Å². The van der Waals surface area contributed by atoms with Crippen LogP contribution in [0.2, 0.25) is 0 Å². The fourth-order valence-electron chi connectivity index (χ4n) is 1.99. The summed E-state index contributed by atoms with van der Waals surface area (Å²) in [5.74, 6) is 0.662. The molecule has 1 rings (SSSR count). The molecule has 134 valence electrons. The number of aromatic hydroxyl groups is 1. The average molecular weight is 336 g/mol. The van der Waals surface area contributed by atoms with Crippen molar-refractivity contribution in [2.24, 2.45) is 4.99 Å². The van der Waals surface area contributed by atoms with E-state index in [4.69, 9.17) is 4.74 Å². The van der Waals surface area contributed by atoms with Crippen molar-refractivity contribution in [3.05, 3.63) is 29.8 Å². The van der Waals surface area contributed by atoms with Crippen molar-refractivity contribution in [3.63, 3.8) is 0 Å². The molecule has 24 heavy (non-hydrogen) atoms. The van der Waals surface area contributed by atoms with Gasteiger partial charge in [-0.2, -0.15) is 0 Å². The minimum atomic E-state index is -0.195. The number of nitrogens with one attached hydrogen (secondary N) is 3. The molecule has 7 nitrogen and oxygen atoms in total. The van der Waals surface area contributed by atoms with E-state index in [1.807, 2.05) is 6.92 Å². The summed E-state index contributed by atoms with van der Waals surface area (Å²) < 4.78 is 5.01. The molecule has 0 unspecified atom stereocenters. The number of rotatable bonds is 10. The van der Waals surface area contributed by atoms with Crippen LogP contribution >= 0.6 is 0 Å². The lowest BCUT2D eigenvalue weighted by Gasteiger charge is -2.11. The standard InChI is InChI=1S/C17H28N4O3/c1-3-18-17(21-11-6-12-24-2)20-10-5-9-19-16(23)14-7-4-8-15(22)13-14/h4,7-8,13,22H,3,5-6,9-12H2,1-2H3,(H,19,23)(H2,18,20,21). The number of phenols is 1. The maximum atomic E-state index is 11.9. The average Bonchev–Trinajstić information content (AvgIpc) is 2.58. The van der Waals surface area contributed by atoms with Crippen molar-refractivity contribution in [2.45, 2.75) is 19.8 Å². The molecule has 0 radical (unpaired) electrons. The summed E-state index contributed by atoms with van der Waals surface area (Å²) in [6.45, 7) is 5.47. The zero-order chi connectivity index (χ0) is 17.6. The van der Waals surface area contributed by atoms with Crippen LogP contribution in [0, 0.1) is 0 Å². The predicted octanol–water partition coefficient (Wildman–Crippen LogP) is 1.10. The van der Waals surface area contributed by atoms with Crippen molar-refractivity contribution in [3.8, 4) is 5.75 Å². The van der Waals surface area contributed by atoms with Gasteiger partial charge in [0.2, 0.25) is 0 Å². The summed E-state index contributed by atoms with van der Waals surface area (Å²) in [6.07, 6.45) is 1.65. The highest BCUT2D eigenvalue weighted by Gasteiger charge is 2.04. The van der Waals surface area contributed by atoms with E-state index in [0.717, 1.165) is 31.9 Å². The van der Waals surface area contributed by atoms with Crippen LogP contribution in [0.3, 0.4) is 0 Å². The lowest BCUT2D eigenvalue weighted by molar-refractivity contribution is 0.0953. The van der Waals surface area contributed by atoms with E-state index in [2.05, 4.69) is 20.9 Å². The van der Waals surface area contributed by atoms with Gasteiger partial charge in [-0.05, 0) is 38.0 Å². The van der Waals surface area contributed by atoms with Gasteiger partial charge in [-0.25, -0.2) is 0 Å². The molecular weight excluding hydrogens is 308 g/mol. The fourth-order valence-corrected chi connectivity index (χ4v) is 1.99.